The second-order valence-electron chi connectivity index (χ2n) is 6.84. The van der Waals surface area contributed by atoms with Gasteiger partial charge < -0.3 is 10.6 Å². The summed E-state index contributed by atoms with van der Waals surface area (Å²) in [7, 11) is 2.25. The van der Waals surface area contributed by atoms with Crippen molar-refractivity contribution >= 4 is 11.8 Å². The number of aromatic nitrogens is 2. The first-order valence-electron chi connectivity index (χ1n) is 8.22. The van der Waals surface area contributed by atoms with Gasteiger partial charge in [-0.05, 0) is 37.1 Å². The first kappa shape index (κ1) is 14.5. The minimum Gasteiger partial charge on any atom is -0.368 e. The van der Waals surface area contributed by atoms with E-state index in [4.69, 9.17) is 5.73 Å². The van der Waals surface area contributed by atoms with E-state index < -0.39 is 0 Å². The summed E-state index contributed by atoms with van der Waals surface area (Å²) in [5.41, 5.74) is 8.59. The van der Waals surface area contributed by atoms with Gasteiger partial charge in [0.25, 0.3) is 0 Å². The van der Waals surface area contributed by atoms with Crippen molar-refractivity contribution in [2.24, 2.45) is 11.8 Å². The Kier molecular flexibility index (Phi) is 3.45. The number of hydrogen-bond acceptors (Lipinski definition) is 5. The molecule has 3 heterocycles. The lowest BCUT2D eigenvalue weighted by Gasteiger charge is -2.28. The van der Waals surface area contributed by atoms with Gasteiger partial charge >= 0.3 is 0 Å². The Labute approximate surface area is 137 Å². The molecule has 2 aromatic rings. The molecule has 120 valence electrons. The van der Waals surface area contributed by atoms with Crippen molar-refractivity contribution in [3.63, 3.8) is 0 Å². The molecule has 4 rings (SSSR count). The van der Waals surface area contributed by atoms with Crippen LogP contribution in [0.15, 0.2) is 36.5 Å². The predicted octanol–water partition coefficient (Wildman–Crippen LogP) is 2.11. The van der Waals surface area contributed by atoms with Crippen LogP contribution in [0.5, 0.6) is 0 Å². The number of nitrogens with two attached hydrogens (primary N) is 1. The number of hydrogen-bond donors (Lipinski definition) is 1. The molecule has 23 heavy (non-hydrogen) atoms. The van der Waals surface area contributed by atoms with E-state index in [1.54, 1.807) is 6.20 Å². The quantitative estimate of drug-likeness (QED) is 0.921. The number of anilines is 2. The van der Waals surface area contributed by atoms with Crippen LogP contribution in [0.1, 0.15) is 17.2 Å². The molecule has 0 aliphatic carbocycles. The fourth-order valence-electron chi connectivity index (χ4n) is 4.37. The van der Waals surface area contributed by atoms with E-state index in [0.29, 0.717) is 23.8 Å². The summed E-state index contributed by atoms with van der Waals surface area (Å²) < 4.78 is 0. The van der Waals surface area contributed by atoms with Crippen LogP contribution < -0.4 is 10.6 Å². The summed E-state index contributed by atoms with van der Waals surface area (Å²) in [5.74, 6) is 2.63. The van der Waals surface area contributed by atoms with Crippen LogP contribution in [0, 0.1) is 18.8 Å². The van der Waals surface area contributed by atoms with Gasteiger partial charge in [-0.1, -0.05) is 24.3 Å². The molecule has 0 saturated carbocycles. The van der Waals surface area contributed by atoms with Gasteiger partial charge in [0.05, 0.1) is 0 Å². The summed E-state index contributed by atoms with van der Waals surface area (Å²) in [4.78, 5) is 13.3. The molecule has 0 amide bonds. The fourth-order valence-corrected chi connectivity index (χ4v) is 4.37. The summed E-state index contributed by atoms with van der Waals surface area (Å²) in [6.07, 6.45) is 1.75. The van der Waals surface area contributed by atoms with Crippen molar-refractivity contribution in [3.05, 3.63) is 47.7 Å². The fraction of sp³-hybridized carbons (Fsp3) is 0.444. The second-order valence-corrected chi connectivity index (χ2v) is 6.84. The van der Waals surface area contributed by atoms with Crippen LogP contribution in [0.25, 0.3) is 0 Å². The molecule has 2 N–H and O–H groups in total. The Morgan fingerprint density at radius 3 is 2.74 bits per heavy atom. The number of nitrogen functional groups attached to an aromatic ring is 1. The standard InChI is InChI=1S/C18H23N5/c1-12-5-3-4-6-14(12)17-15-11-23(10-13(15)9-22(17)2)16-7-8-20-18(19)21-16/h3-8,13,15,17H,9-11H2,1-2H3,(H2,19,20,21)/t13-,15+,17-/m0/s1. The van der Waals surface area contributed by atoms with E-state index in [-0.39, 0.29) is 0 Å². The van der Waals surface area contributed by atoms with Crippen LogP contribution in [0.4, 0.5) is 11.8 Å². The maximum Gasteiger partial charge on any atom is 0.221 e. The van der Waals surface area contributed by atoms with Gasteiger partial charge in [0, 0.05) is 37.8 Å². The van der Waals surface area contributed by atoms with Crippen LogP contribution in [-0.2, 0) is 0 Å². The van der Waals surface area contributed by atoms with Gasteiger partial charge in [-0.3, -0.25) is 4.90 Å². The molecule has 5 heteroatoms. The summed E-state index contributed by atoms with van der Waals surface area (Å²) in [6.45, 7) is 5.44. The van der Waals surface area contributed by atoms with E-state index in [0.717, 1.165) is 25.5 Å². The average Bonchev–Trinajstić information content (AvgIpc) is 3.05. The number of benzene rings is 1. The van der Waals surface area contributed by atoms with Gasteiger partial charge in [-0.25, -0.2) is 4.98 Å². The highest BCUT2D eigenvalue weighted by Crippen LogP contribution is 2.45. The summed E-state index contributed by atoms with van der Waals surface area (Å²) in [5, 5.41) is 0. The van der Waals surface area contributed by atoms with Crippen molar-refractivity contribution in [1.29, 1.82) is 0 Å². The molecule has 1 aromatic carbocycles. The Hall–Kier alpha value is -2.14. The lowest BCUT2D eigenvalue weighted by atomic mass is 9.88. The first-order valence-corrected chi connectivity index (χ1v) is 8.22. The van der Waals surface area contributed by atoms with Crippen molar-refractivity contribution in [3.8, 4) is 0 Å². The van der Waals surface area contributed by atoms with Crippen molar-refractivity contribution in [2.45, 2.75) is 13.0 Å². The molecule has 3 atom stereocenters. The molecule has 5 nitrogen and oxygen atoms in total. The lowest BCUT2D eigenvalue weighted by molar-refractivity contribution is 0.279. The van der Waals surface area contributed by atoms with Gasteiger partial charge in [0.1, 0.15) is 5.82 Å². The van der Waals surface area contributed by atoms with Crippen LogP contribution in [0.2, 0.25) is 0 Å². The highest BCUT2D eigenvalue weighted by molar-refractivity contribution is 5.43. The minimum atomic E-state index is 0.354. The van der Waals surface area contributed by atoms with Gasteiger partial charge in [0.2, 0.25) is 5.95 Å². The molecule has 2 aliphatic rings. The normalized spacial score (nSPS) is 27.4. The molecule has 0 spiro atoms. The third-order valence-corrected chi connectivity index (χ3v) is 5.39. The zero-order valence-electron chi connectivity index (χ0n) is 13.7. The molecular formula is C18H23N5. The third kappa shape index (κ3) is 2.45. The predicted molar refractivity (Wildman–Crippen MR) is 92.2 cm³/mol. The van der Waals surface area contributed by atoms with Crippen LogP contribution in [0.3, 0.4) is 0 Å². The second kappa shape index (κ2) is 5.49. The Morgan fingerprint density at radius 2 is 1.96 bits per heavy atom. The zero-order valence-corrected chi connectivity index (χ0v) is 13.7. The van der Waals surface area contributed by atoms with E-state index in [1.807, 2.05) is 6.07 Å². The number of rotatable bonds is 2. The average molecular weight is 309 g/mol. The largest absolute Gasteiger partial charge is 0.368 e. The number of likely N-dealkylation sites (tertiary alicyclic amines) is 1. The molecular weight excluding hydrogens is 286 g/mol. The molecule has 0 unspecified atom stereocenters. The minimum absolute atomic E-state index is 0.354. The lowest BCUT2D eigenvalue weighted by Crippen LogP contribution is -2.29. The monoisotopic (exact) mass is 309 g/mol. The highest BCUT2D eigenvalue weighted by Gasteiger charge is 2.46. The Bertz CT molecular complexity index is 716. The molecule has 0 radical (unpaired) electrons. The number of nitrogens with zero attached hydrogens (tertiary/aromatic N) is 4. The summed E-state index contributed by atoms with van der Waals surface area (Å²) >= 11 is 0. The Balaban J connectivity index is 1.62. The number of aryl methyl sites for hydroxylation is 1. The molecule has 1 aromatic heterocycles. The Morgan fingerprint density at radius 1 is 1.13 bits per heavy atom. The maximum atomic E-state index is 5.75. The molecule has 0 bridgehead atoms. The topological polar surface area (TPSA) is 58.3 Å². The number of fused-ring (bicyclic) bond motifs is 1. The first-order chi connectivity index (χ1) is 11.1. The molecule has 2 saturated heterocycles. The molecule has 2 aliphatic heterocycles. The van der Waals surface area contributed by atoms with E-state index in [2.05, 4.69) is 58.0 Å². The van der Waals surface area contributed by atoms with Gasteiger partial charge in [-0.15, -0.1) is 0 Å². The van der Waals surface area contributed by atoms with E-state index in [9.17, 15) is 0 Å². The van der Waals surface area contributed by atoms with E-state index in [1.165, 1.54) is 11.1 Å². The van der Waals surface area contributed by atoms with Crippen molar-refractivity contribution in [1.82, 2.24) is 14.9 Å². The van der Waals surface area contributed by atoms with Crippen LogP contribution in [-0.4, -0.2) is 41.5 Å². The van der Waals surface area contributed by atoms with Crippen LogP contribution >= 0.6 is 0 Å². The van der Waals surface area contributed by atoms with Crippen molar-refractivity contribution < 1.29 is 0 Å². The van der Waals surface area contributed by atoms with Crippen molar-refractivity contribution in [2.75, 3.05) is 37.3 Å². The molecule has 2 fully saturated rings. The van der Waals surface area contributed by atoms with Gasteiger partial charge in [0.15, 0.2) is 0 Å². The zero-order chi connectivity index (χ0) is 16.0. The third-order valence-electron chi connectivity index (χ3n) is 5.39. The smallest absolute Gasteiger partial charge is 0.221 e. The summed E-state index contributed by atoms with van der Waals surface area (Å²) in [6, 6.07) is 11.2. The van der Waals surface area contributed by atoms with E-state index >= 15 is 0 Å². The SMILES string of the molecule is Cc1ccccc1[C@H]1[C@@H]2CN(c3ccnc(N)n3)C[C@@H]2CN1C. The highest BCUT2D eigenvalue weighted by atomic mass is 15.3. The van der Waals surface area contributed by atoms with Gasteiger partial charge in [-0.2, -0.15) is 4.98 Å². The maximum absolute atomic E-state index is 5.75.